The smallest absolute Gasteiger partial charge is 0.0629 e. The molecule has 4 nitrogen and oxygen atoms in total. The Labute approximate surface area is 195 Å². The van der Waals surface area contributed by atoms with E-state index in [1.54, 1.807) is 0 Å². The molecule has 0 spiro atoms. The largest absolute Gasteiger partial charge is 0.376 e. The van der Waals surface area contributed by atoms with Gasteiger partial charge in [0.05, 0.1) is 5.60 Å². The SMILES string of the molecule is Cc1ccccc1CN1CCC(CN(Cc2cccnc2)C[C@@H]2CCOC(C)(C)C2)CC1. The predicted octanol–water partition coefficient (Wildman–Crippen LogP) is 5.31. The number of pyridine rings is 1. The van der Waals surface area contributed by atoms with Crippen LogP contribution in [0, 0.1) is 18.8 Å². The number of ether oxygens (including phenoxy) is 1. The van der Waals surface area contributed by atoms with Crippen LogP contribution >= 0.6 is 0 Å². The molecule has 1 aromatic heterocycles. The molecule has 0 bridgehead atoms. The van der Waals surface area contributed by atoms with Crippen LogP contribution in [0.25, 0.3) is 0 Å². The van der Waals surface area contributed by atoms with E-state index in [1.807, 2.05) is 12.4 Å². The van der Waals surface area contributed by atoms with Crippen LogP contribution in [-0.2, 0) is 17.8 Å². The quantitative estimate of drug-likeness (QED) is 0.562. The first kappa shape index (κ1) is 23.4. The van der Waals surface area contributed by atoms with E-state index in [2.05, 4.69) is 72.0 Å². The lowest BCUT2D eigenvalue weighted by Gasteiger charge is -2.40. The maximum atomic E-state index is 5.98. The van der Waals surface area contributed by atoms with Crippen molar-refractivity contribution in [3.8, 4) is 0 Å². The van der Waals surface area contributed by atoms with Crippen LogP contribution in [0.4, 0.5) is 0 Å². The van der Waals surface area contributed by atoms with Crippen LogP contribution in [0.3, 0.4) is 0 Å². The average molecular weight is 436 g/mol. The fraction of sp³-hybridized carbons (Fsp3) is 0.607. The van der Waals surface area contributed by atoms with Gasteiger partial charge in [-0.15, -0.1) is 0 Å². The Morgan fingerprint density at radius 1 is 1.03 bits per heavy atom. The molecule has 0 aliphatic carbocycles. The van der Waals surface area contributed by atoms with E-state index < -0.39 is 0 Å². The van der Waals surface area contributed by atoms with Gasteiger partial charge in [0.1, 0.15) is 0 Å². The van der Waals surface area contributed by atoms with E-state index in [9.17, 15) is 0 Å². The van der Waals surface area contributed by atoms with Gasteiger partial charge in [-0.1, -0.05) is 30.3 Å². The number of hydrogen-bond acceptors (Lipinski definition) is 4. The molecule has 4 rings (SSSR count). The summed E-state index contributed by atoms with van der Waals surface area (Å²) in [6, 6.07) is 13.1. The number of nitrogens with zero attached hydrogens (tertiary/aromatic N) is 3. The molecule has 1 atom stereocenters. The zero-order valence-electron chi connectivity index (χ0n) is 20.3. The standard InChI is InChI=1S/C28H41N3O/c1-23-7-4-5-9-27(23)22-30-14-10-24(11-15-30)19-31(21-26-8-6-13-29-18-26)20-25-12-16-32-28(2,3)17-25/h4-9,13,18,24-25H,10-12,14-17,19-22H2,1-3H3/t25-/m1/s1. The molecule has 0 amide bonds. The normalized spacial score (nSPS) is 22.3. The van der Waals surface area contributed by atoms with Crippen LogP contribution in [-0.4, -0.2) is 53.2 Å². The Balaban J connectivity index is 1.33. The predicted molar refractivity (Wildman–Crippen MR) is 131 cm³/mol. The van der Waals surface area contributed by atoms with Gasteiger partial charge in [-0.3, -0.25) is 14.8 Å². The van der Waals surface area contributed by atoms with Crippen LogP contribution in [0.1, 0.15) is 56.2 Å². The maximum absolute atomic E-state index is 5.98. The molecule has 2 aliphatic heterocycles. The highest BCUT2D eigenvalue weighted by molar-refractivity contribution is 5.25. The molecular formula is C28H41N3O. The second-order valence-corrected chi connectivity index (χ2v) is 10.7. The summed E-state index contributed by atoms with van der Waals surface area (Å²) in [5, 5.41) is 0. The third-order valence-corrected chi connectivity index (χ3v) is 7.32. The number of aromatic nitrogens is 1. The number of aryl methyl sites for hydroxylation is 1. The minimum absolute atomic E-state index is 0.0177. The van der Waals surface area contributed by atoms with Crippen molar-refractivity contribution >= 4 is 0 Å². The number of piperidine rings is 1. The van der Waals surface area contributed by atoms with Gasteiger partial charge in [-0.25, -0.2) is 0 Å². The van der Waals surface area contributed by atoms with Gasteiger partial charge in [0.2, 0.25) is 0 Å². The van der Waals surface area contributed by atoms with Crippen molar-refractivity contribution in [2.24, 2.45) is 11.8 Å². The van der Waals surface area contributed by atoms with Gasteiger partial charge >= 0.3 is 0 Å². The van der Waals surface area contributed by atoms with Crippen LogP contribution in [0.2, 0.25) is 0 Å². The fourth-order valence-electron chi connectivity index (χ4n) is 5.55. The second-order valence-electron chi connectivity index (χ2n) is 10.7. The Morgan fingerprint density at radius 2 is 1.81 bits per heavy atom. The lowest BCUT2D eigenvalue weighted by Crippen LogP contribution is -2.42. The molecule has 32 heavy (non-hydrogen) atoms. The summed E-state index contributed by atoms with van der Waals surface area (Å²) in [7, 11) is 0. The Morgan fingerprint density at radius 3 is 2.53 bits per heavy atom. The zero-order chi connectivity index (χ0) is 22.4. The fourth-order valence-corrected chi connectivity index (χ4v) is 5.55. The number of hydrogen-bond donors (Lipinski definition) is 0. The molecule has 0 saturated carbocycles. The van der Waals surface area contributed by atoms with Crippen molar-refractivity contribution < 1.29 is 4.74 Å². The third kappa shape index (κ3) is 6.87. The zero-order valence-corrected chi connectivity index (χ0v) is 20.3. The monoisotopic (exact) mass is 435 g/mol. The Kier molecular flexibility index (Phi) is 7.98. The van der Waals surface area contributed by atoms with E-state index in [1.165, 1.54) is 62.1 Å². The van der Waals surface area contributed by atoms with Crippen molar-refractivity contribution in [2.75, 3.05) is 32.8 Å². The van der Waals surface area contributed by atoms with Gasteiger partial charge in [0.15, 0.2) is 0 Å². The molecule has 0 radical (unpaired) electrons. The molecule has 2 aliphatic rings. The van der Waals surface area contributed by atoms with Gasteiger partial charge in [-0.05, 0) is 94.1 Å². The van der Waals surface area contributed by atoms with E-state index in [-0.39, 0.29) is 5.60 Å². The van der Waals surface area contributed by atoms with E-state index in [0.29, 0.717) is 0 Å². The van der Waals surface area contributed by atoms with Crippen LogP contribution in [0.15, 0.2) is 48.8 Å². The van der Waals surface area contributed by atoms with Crippen molar-refractivity contribution in [2.45, 2.75) is 65.1 Å². The number of benzene rings is 1. The maximum Gasteiger partial charge on any atom is 0.0629 e. The molecule has 4 heteroatoms. The minimum atomic E-state index is 0.0177. The van der Waals surface area contributed by atoms with Crippen LogP contribution in [0.5, 0.6) is 0 Å². The summed E-state index contributed by atoms with van der Waals surface area (Å²) >= 11 is 0. The highest BCUT2D eigenvalue weighted by Gasteiger charge is 2.31. The highest BCUT2D eigenvalue weighted by Crippen LogP contribution is 2.30. The van der Waals surface area contributed by atoms with Crippen molar-refractivity contribution in [1.82, 2.24) is 14.8 Å². The minimum Gasteiger partial charge on any atom is -0.376 e. The summed E-state index contributed by atoms with van der Waals surface area (Å²) in [4.78, 5) is 9.72. The molecule has 0 N–H and O–H groups in total. The first-order valence-electron chi connectivity index (χ1n) is 12.5. The van der Waals surface area contributed by atoms with Gasteiger partial charge < -0.3 is 4.74 Å². The van der Waals surface area contributed by atoms with Crippen molar-refractivity contribution in [3.63, 3.8) is 0 Å². The topological polar surface area (TPSA) is 28.6 Å². The summed E-state index contributed by atoms with van der Waals surface area (Å²) in [5.74, 6) is 1.50. The second kappa shape index (κ2) is 10.9. The number of likely N-dealkylation sites (tertiary alicyclic amines) is 1. The molecule has 3 heterocycles. The molecule has 1 aromatic carbocycles. The summed E-state index contributed by atoms with van der Waals surface area (Å²) in [6.45, 7) is 14.5. The summed E-state index contributed by atoms with van der Waals surface area (Å²) in [6.07, 6.45) is 8.85. The molecule has 2 saturated heterocycles. The van der Waals surface area contributed by atoms with Gasteiger partial charge in [0.25, 0.3) is 0 Å². The first-order chi connectivity index (χ1) is 15.5. The van der Waals surface area contributed by atoms with Gasteiger partial charge in [-0.2, -0.15) is 0 Å². The third-order valence-electron chi connectivity index (χ3n) is 7.32. The van der Waals surface area contributed by atoms with Gasteiger partial charge in [0, 0.05) is 45.2 Å². The van der Waals surface area contributed by atoms with E-state index >= 15 is 0 Å². The first-order valence-corrected chi connectivity index (χ1v) is 12.5. The van der Waals surface area contributed by atoms with Crippen LogP contribution < -0.4 is 0 Å². The lowest BCUT2D eigenvalue weighted by atomic mass is 9.87. The Bertz CT molecular complexity index is 830. The number of rotatable bonds is 8. The lowest BCUT2D eigenvalue weighted by molar-refractivity contribution is -0.0778. The van der Waals surface area contributed by atoms with E-state index in [4.69, 9.17) is 4.74 Å². The highest BCUT2D eigenvalue weighted by atomic mass is 16.5. The summed E-state index contributed by atoms with van der Waals surface area (Å²) < 4.78 is 5.98. The summed E-state index contributed by atoms with van der Waals surface area (Å²) in [5.41, 5.74) is 4.24. The molecule has 2 aromatic rings. The molecule has 0 unspecified atom stereocenters. The molecular weight excluding hydrogens is 394 g/mol. The van der Waals surface area contributed by atoms with Crippen molar-refractivity contribution in [3.05, 3.63) is 65.5 Å². The average Bonchev–Trinajstić information content (AvgIpc) is 2.77. The molecule has 2 fully saturated rings. The van der Waals surface area contributed by atoms with E-state index in [0.717, 1.165) is 38.0 Å². The Hall–Kier alpha value is -1.75. The molecule has 174 valence electrons. The van der Waals surface area contributed by atoms with Crippen molar-refractivity contribution in [1.29, 1.82) is 0 Å².